The zero-order chi connectivity index (χ0) is 16.8. The van der Waals surface area contributed by atoms with Gasteiger partial charge in [-0.2, -0.15) is 0 Å². The van der Waals surface area contributed by atoms with E-state index in [2.05, 4.69) is 43.6 Å². The first-order valence-electron chi connectivity index (χ1n) is 9.32. The molecule has 0 saturated heterocycles. The number of allylic oxidation sites excluding steroid dienone is 1. The lowest BCUT2D eigenvalue weighted by molar-refractivity contribution is 0.341. The fourth-order valence-corrected chi connectivity index (χ4v) is 3.31. The maximum absolute atomic E-state index is 8.84. The van der Waals surface area contributed by atoms with Crippen LogP contribution in [0.1, 0.15) is 85.5 Å². The van der Waals surface area contributed by atoms with Gasteiger partial charge < -0.3 is 5.11 Å². The molecule has 0 radical (unpaired) electrons. The molecule has 0 fully saturated rings. The lowest BCUT2D eigenvalue weighted by atomic mass is 9.91. The molecule has 3 atom stereocenters. The third-order valence-corrected chi connectivity index (χ3v) is 5.86. The smallest absolute Gasteiger partial charge is 0.0614 e. The van der Waals surface area contributed by atoms with Gasteiger partial charge in [0.05, 0.1) is 6.61 Å². The molecule has 1 nitrogen and oxygen atoms in total. The molecule has 1 N–H and O–H groups in total. The van der Waals surface area contributed by atoms with Crippen LogP contribution in [0.5, 0.6) is 0 Å². The van der Waals surface area contributed by atoms with Crippen molar-refractivity contribution in [3.05, 3.63) is 11.6 Å². The van der Waals surface area contributed by atoms with Crippen LogP contribution in [0.3, 0.4) is 0 Å². The molecule has 3 unspecified atom stereocenters. The van der Waals surface area contributed by atoms with Crippen LogP contribution < -0.4 is 0 Å². The van der Waals surface area contributed by atoms with Gasteiger partial charge in [0.15, 0.2) is 0 Å². The Balaban J connectivity index is 3.54. The number of halogens is 1. The van der Waals surface area contributed by atoms with Gasteiger partial charge in [0.1, 0.15) is 0 Å². The van der Waals surface area contributed by atoms with Crippen LogP contribution in [0.4, 0.5) is 0 Å². The first-order valence-corrected chi connectivity index (χ1v) is 10.4. The number of aliphatic hydroxyl groups is 1. The molecule has 0 heterocycles. The van der Waals surface area contributed by atoms with Crippen molar-refractivity contribution in [3.63, 3.8) is 0 Å². The number of aliphatic hydroxyl groups excluding tert-OH is 1. The Morgan fingerprint density at radius 2 is 1.32 bits per heavy atom. The molecule has 0 spiro atoms. The molecule has 0 aromatic carbocycles. The topological polar surface area (TPSA) is 20.2 Å². The van der Waals surface area contributed by atoms with Gasteiger partial charge in [-0.1, -0.05) is 86.9 Å². The first kappa shape index (κ1) is 22.2. The highest BCUT2D eigenvalue weighted by Crippen LogP contribution is 2.22. The zero-order valence-corrected chi connectivity index (χ0v) is 17.0. The third kappa shape index (κ3) is 13.8. The maximum Gasteiger partial charge on any atom is 0.0614 e. The van der Waals surface area contributed by atoms with Crippen molar-refractivity contribution in [2.45, 2.75) is 85.5 Å². The Morgan fingerprint density at radius 3 is 1.77 bits per heavy atom. The van der Waals surface area contributed by atoms with Crippen LogP contribution in [-0.2, 0) is 0 Å². The van der Waals surface area contributed by atoms with Gasteiger partial charge in [-0.05, 0) is 43.9 Å². The standard InChI is InChI=1S/C20H39BrO/c1-17(10-6-12-19(3)14-15-22)8-5-9-18(2)11-7-13-20(4)16-21/h14,17-18,20,22H,5-13,15-16H2,1-4H3/b19-14+. The molecule has 0 saturated carbocycles. The molecule has 0 aromatic heterocycles. The van der Waals surface area contributed by atoms with E-state index in [4.69, 9.17) is 5.11 Å². The van der Waals surface area contributed by atoms with Crippen molar-refractivity contribution in [3.8, 4) is 0 Å². The van der Waals surface area contributed by atoms with Crippen LogP contribution in [0, 0.1) is 17.8 Å². The molecule has 0 aromatic rings. The Morgan fingerprint density at radius 1 is 0.864 bits per heavy atom. The summed E-state index contributed by atoms with van der Waals surface area (Å²) in [5, 5.41) is 9.99. The summed E-state index contributed by atoms with van der Waals surface area (Å²) >= 11 is 3.56. The van der Waals surface area contributed by atoms with Crippen LogP contribution in [-0.4, -0.2) is 17.0 Å². The largest absolute Gasteiger partial charge is 0.392 e. The van der Waals surface area contributed by atoms with Crippen molar-refractivity contribution in [2.75, 3.05) is 11.9 Å². The SMILES string of the molecule is C/C(=C\CO)CCCC(C)CCCC(C)CCCC(C)CBr. The summed E-state index contributed by atoms with van der Waals surface area (Å²) in [6.07, 6.45) is 14.0. The average molecular weight is 375 g/mol. The predicted molar refractivity (Wildman–Crippen MR) is 104 cm³/mol. The van der Waals surface area contributed by atoms with Gasteiger partial charge in [-0.25, -0.2) is 0 Å². The minimum absolute atomic E-state index is 0.188. The third-order valence-electron chi connectivity index (χ3n) is 4.76. The fraction of sp³-hybridized carbons (Fsp3) is 0.900. The van der Waals surface area contributed by atoms with E-state index in [0.29, 0.717) is 0 Å². The molecule has 22 heavy (non-hydrogen) atoms. The Bertz CT molecular complexity index is 275. The van der Waals surface area contributed by atoms with E-state index in [0.717, 1.165) is 29.5 Å². The van der Waals surface area contributed by atoms with Crippen molar-refractivity contribution in [2.24, 2.45) is 17.8 Å². The number of alkyl halides is 1. The molecular formula is C20H39BrO. The average Bonchev–Trinajstić information content (AvgIpc) is 2.47. The molecule has 0 aliphatic carbocycles. The molecule has 0 rings (SSSR count). The normalized spacial score (nSPS) is 16.5. The van der Waals surface area contributed by atoms with E-state index < -0.39 is 0 Å². The quantitative estimate of drug-likeness (QED) is 0.263. The van der Waals surface area contributed by atoms with Crippen LogP contribution in [0.2, 0.25) is 0 Å². The Hall–Kier alpha value is 0.180. The molecule has 2 heteroatoms. The fourth-order valence-electron chi connectivity index (χ4n) is 2.98. The van der Waals surface area contributed by atoms with E-state index in [-0.39, 0.29) is 6.61 Å². The molecule has 132 valence electrons. The summed E-state index contributed by atoms with van der Waals surface area (Å²) in [5.74, 6) is 2.57. The van der Waals surface area contributed by atoms with Crippen LogP contribution in [0.15, 0.2) is 11.6 Å². The molecule has 0 aliphatic heterocycles. The molecular weight excluding hydrogens is 336 g/mol. The van der Waals surface area contributed by atoms with Gasteiger partial charge in [-0.15, -0.1) is 0 Å². The maximum atomic E-state index is 8.84. The molecule has 0 aliphatic rings. The molecule has 0 amide bonds. The second kappa shape index (κ2) is 14.8. The van der Waals surface area contributed by atoms with Gasteiger partial charge in [0, 0.05) is 5.33 Å². The first-order chi connectivity index (χ1) is 10.5. The van der Waals surface area contributed by atoms with Gasteiger partial charge in [-0.3, -0.25) is 0 Å². The van der Waals surface area contributed by atoms with E-state index in [9.17, 15) is 0 Å². The van der Waals surface area contributed by atoms with Gasteiger partial charge >= 0.3 is 0 Å². The Kier molecular flexibility index (Phi) is 14.9. The summed E-state index contributed by atoms with van der Waals surface area (Å²) in [4.78, 5) is 0. The highest BCUT2D eigenvalue weighted by Gasteiger charge is 2.07. The second-order valence-electron chi connectivity index (χ2n) is 7.46. The van der Waals surface area contributed by atoms with Gasteiger partial charge in [0.2, 0.25) is 0 Å². The number of hydrogen-bond donors (Lipinski definition) is 1. The summed E-state index contributed by atoms with van der Waals surface area (Å²) in [5.41, 5.74) is 1.33. The Labute approximate surface area is 148 Å². The van der Waals surface area contributed by atoms with E-state index in [1.807, 2.05) is 6.08 Å². The highest BCUT2D eigenvalue weighted by molar-refractivity contribution is 9.09. The summed E-state index contributed by atoms with van der Waals surface area (Å²) < 4.78 is 0. The lowest BCUT2D eigenvalue weighted by Crippen LogP contribution is -2.01. The minimum atomic E-state index is 0.188. The minimum Gasteiger partial charge on any atom is -0.392 e. The van der Waals surface area contributed by atoms with E-state index in [1.165, 1.54) is 56.9 Å². The van der Waals surface area contributed by atoms with Crippen LogP contribution in [0.25, 0.3) is 0 Å². The van der Waals surface area contributed by atoms with Crippen molar-refractivity contribution in [1.29, 1.82) is 0 Å². The highest BCUT2D eigenvalue weighted by atomic mass is 79.9. The number of hydrogen-bond acceptors (Lipinski definition) is 1. The van der Waals surface area contributed by atoms with E-state index >= 15 is 0 Å². The van der Waals surface area contributed by atoms with Crippen molar-refractivity contribution in [1.82, 2.24) is 0 Å². The summed E-state index contributed by atoms with van der Waals surface area (Å²) in [6.45, 7) is 9.46. The zero-order valence-electron chi connectivity index (χ0n) is 15.4. The number of rotatable bonds is 14. The predicted octanol–water partition coefficient (Wildman–Crippen LogP) is 6.74. The van der Waals surface area contributed by atoms with Crippen LogP contribution >= 0.6 is 15.9 Å². The summed E-state index contributed by atoms with van der Waals surface area (Å²) in [7, 11) is 0. The molecule has 0 bridgehead atoms. The lowest BCUT2D eigenvalue weighted by Gasteiger charge is -2.15. The van der Waals surface area contributed by atoms with Gasteiger partial charge in [0.25, 0.3) is 0 Å². The summed E-state index contributed by atoms with van der Waals surface area (Å²) in [6, 6.07) is 0. The monoisotopic (exact) mass is 374 g/mol. The second-order valence-corrected chi connectivity index (χ2v) is 8.10. The van der Waals surface area contributed by atoms with Crippen molar-refractivity contribution >= 4 is 15.9 Å². The van der Waals surface area contributed by atoms with E-state index in [1.54, 1.807) is 0 Å². The van der Waals surface area contributed by atoms with Crippen molar-refractivity contribution < 1.29 is 5.11 Å².